The van der Waals surface area contributed by atoms with Gasteiger partial charge in [0.1, 0.15) is 5.75 Å². The van der Waals surface area contributed by atoms with Gasteiger partial charge in [-0.15, -0.1) is 0 Å². The average molecular weight is 473 g/mol. The average Bonchev–Trinajstić information content (AvgIpc) is 2.74. The Hall–Kier alpha value is -2.00. The largest absolute Gasteiger partial charge is 0.480 e. The third-order valence-corrected chi connectivity index (χ3v) is 7.29. The number of anilines is 1. The molecule has 0 aliphatic carbocycles. The molecule has 7 nitrogen and oxygen atoms in total. The van der Waals surface area contributed by atoms with E-state index in [9.17, 15) is 13.2 Å². The van der Waals surface area contributed by atoms with Crippen LogP contribution in [0.25, 0.3) is 0 Å². The van der Waals surface area contributed by atoms with Gasteiger partial charge in [0, 0.05) is 36.9 Å². The lowest BCUT2D eigenvalue weighted by Crippen LogP contribution is -2.48. The van der Waals surface area contributed by atoms with E-state index in [2.05, 4.69) is 9.64 Å². The highest BCUT2D eigenvalue weighted by Gasteiger charge is 2.29. The molecule has 1 fully saturated rings. The molecule has 2 aromatic carbocycles. The lowest BCUT2D eigenvalue weighted by molar-refractivity contribution is -0.142. The van der Waals surface area contributed by atoms with Crippen LogP contribution in [0.15, 0.2) is 41.3 Å². The first-order chi connectivity index (χ1) is 14.2. The number of aryl methyl sites for hydroxylation is 1. The standard InChI is InChI=1S/C20H22Cl2N2O5S/c1-14-3-4-15(21)11-18(14)23-7-9-24(10-8-23)30(26,27)16-5-6-19(17(22)12-16)29-13-20(25)28-2/h3-6,11-12H,7-10,13H2,1-2H3. The molecule has 1 aliphatic rings. The van der Waals surface area contributed by atoms with Crippen molar-refractivity contribution in [3.8, 4) is 5.75 Å². The zero-order valence-electron chi connectivity index (χ0n) is 16.6. The fourth-order valence-electron chi connectivity index (χ4n) is 3.20. The summed E-state index contributed by atoms with van der Waals surface area (Å²) in [4.78, 5) is 13.4. The third-order valence-electron chi connectivity index (χ3n) is 4.86. The molecule has 0 spiro atoms. The van der Waals surface area contributed by atoms with E-state index in [4.69, 9.17) is 27.9 Å². The Labute approximate surface area is 186 Å². The van der Waals surface area contributed by atoms with Crippen molar-refractivity contribution < 1.29 is 22.7 Å². The quantitative estimate of drug-likeness (QED) is 0.599. The Morgan fingerprint density at radius 2 is 1.77 bits per heavy atom. The summed E-state index contributed by atoms with van der Waals surface area (Å²) in [5.74, 6) is -0.349. The van der Waals surface area contributed by atoms with Gasteiger partial charge in [0.25, 0.3) is 0 Å². The first-order valence-corrected chi connectivity index (χ1v) is 11.4. The number of sulfonamides is 1. The highest BCUT2D eigenvalue weighted by molar-refractivity contribution is 7.89. The molecule has 10 heteroatoms. The van der Waals surface area contributed by atoms with Gasteiger partial charge in [-0.25, -0.2) is 13.2 Å². The molecule has 0 amide bonds. The monoisotopic (exact) mass is 472 g/mol. The summed E-state index contributed by atoms with van der Waals surface area (Å²) in [5.41, 5.74) is 2.10. The lowest BCUT2D eigenvalue weighted by Gasteiger charge is -2.36. The Morgan fingerprint density at radius 3 is 2.40 bits per heavy atom. The van der Waals surface area contributed by atoms with Gasteiger partial charge in [-0.1, -0.05) is 29.3 Å². The number of methoxy groups -OCH3 is 1. The molecule has 0 radical (unpaired) electrons. The van der Waals surface area contributed by atoms with Crippen molar-refractivity contribution in [2.45, 2.75) is 11.8 Å². The first kappa shape index (κ1) is 22.7. The topological polar surface area (TPSA) is 76.1 Å². The molecule has 30 heavy (non-hydrogen) atoms. The molecule has 0 atom stereocenters. The predicted molar refractivity (Wildman–Crippen MR) is 116 cm³/mol. The maximum atomic E-state index is 13.0. The Bertz CT molecular complexity index is 1040. The molecule has 162 valence electrons. The van der Waals surface area contributed by atoms with Gasteiger partial charge in [-0.2, -0.15) is 4.31 Å². The summed E-state index contributed by atoms with van der Waals surface area (Å²) in [6.07, 6.45) is 0. The first-order valence-electron chi connectivity index (χ1n) is 9.23. The molecule has 0 saturated carbocycles. The predicted octanol–water partition coefficient (Wildman–Crippen LogP) is 3.36. The summed E-state index contributed by atoms with van der Waals surface area (Å²) >= 11 is 12.3. The van der Waals surface area contributed by atoms with E-state index in [0.717, 1.165) is 11.3 Å². The van der Waals surface area contributed by atoms with Crippen molar-refractivity contribution in [3.63, 3.8) is 0 Å². The van der Waals surface area contributed by atoms with Crippen LogP contribution in [0.3, 0.4) is 0 Å². The van der Waals surface area contributed by atoms with E-state index < -0.39 is 16.0 Å². The number of nitrogens with zero attached hydrogens (tertiary/aromatic N) is 2. The van der Waals surface area contributed by atoms with Crippen LogP contribution in [0.1, 0.15) is 5.56 Å². The van der Waals surface area contributed by atoms with Gasteiger partial charge < -0.3 is 14.4 Å². The molecule has 1 heterocycles. The molecule has 0 N–H and O–H groups in total. The number of rotatable bonds is 6. The maximum Gasteiger partial charge on any atom is 0.343 e. The van der Waals surface area contributed by atoms with Crippen molar-refractivity contribution in [3.05, 3.63) is 52.0 Å². The number of piperazine rings is 1. The van der Waals surface area contributed by atoms with Crippen molar-refractivity contribution in [2.75, 3.05) is 44.8 Å². The van der Waals surface area contributed by atoms with Crippen molar-refractivity contribution in [2.24, 2.45) is 0 Å². The van der Waals surface area contributed by atoms with Crippen molar-refractivity contribution >= 4 is 44.9 Å². The summed E-state index contributed by atoms with van der Waals surface area (Å²) in [7, 11) is -2.47. The molecule has 1 aliphatic heterocycles. The molecular formula is C20H22Cl2N2O5S. The normalized spacial score (nSPS) is 15.1. The highest BCUT2D eigenvalue weighted by atomic mass is 35.5. The Morgan fingerprint density at radius 1 is 1.07 bits per heavy atom. The number of esters is 1. The molecule has 2 aromatic rings. The zero-order chi connectivity index (χ0) is 21.9. The number of halogens is 2. The Balaban J connectivity index is 1.70. The second-order valence-corrected chi connectivity index (χ2v) is 9.56. The zero-order valence-corrected chi connectivity index (χ0v) is 18.9. The second kappa shape index (κ2) is 9.43. The van der Waals surface area contributed by atoms with Crippen LogP contribution in [-0.2, 0) is 19.6 Å². The van der Waals surface area contributed by atoms with E-state index >= 15 is 0 Å². The van der Waals surface area contributed by atoms with Gasteiger partial charge in [-0.3, -0.25) is 0 Å². The summed E-state index contributed by atoms with van der Waals surface area (Å²) in [6.45, 7) is 3.47. The van der Waals surface area contributed by atoms with Gasteiger partial charge in [-0.05, 0) is 42.8 Å². The lowest BCUT2D eigenvalue weighted by atomic mass is 10.1. The summed E-state index contributed by atoms with van der Waals surface area (Å²) < 4.78 is 37.3. The van der Waals surface area contributed by atoms with Crippen molar-refractivity contribution in [1.29, 1.82) is 0 Å². The van der Waals surface area contributed by atoms with Crippen LogP contribution in [0.4, 0.5) is 5.69 Å². The molecular weight excluding hydrogens is 451 g/mol. The highest BCUT2D eigenvalue weighted by Crippen LogP contribution is 2.30. The smallest absolute Gasteiger partial charge is 0.343 e. The molecule has 0 bridgehead atoms. The van der Waals surface area contributed by atoms with Crippen LogP contribution in [-0.4, -0.2) is 58.6 Å². The van der Waals surface area contributed by atoms with E-state index in [-0.39, 0.29) is 22.3 Å². The maximum absolute atomic E-state index is 13.0. The molecule has 3 rings (SSSR count). The van der Waals surface area contributed by atoms with E-state index in [1.165, 1.54) is 29.6 Å². The van der Waals surface area contributed by atoms with E-state index in [1.54, 1.807) is 0 Å². The number of carbonyl (C=O) groups excluding carboxylic acids is 1. The minimum Gasteiger partial charge on any atom is -0.480 e. The van der Waals surface area contributed by atoms with Gasteiger partial charge in [0.15, 0.2) is 6.61 Å². The summed E-state index contributed by atoms with van der Waals surface area (Å²) in [5, 5.41) is 0.753. The minimum absolute atomic E-state index is 0.0744. The number of carbonyl (C=O) groups is 1. The van der Waals surface area contributed by atoms with Gasteiger partial charge in [0.2, 0.25) is 10.0 Å². The fourth-order valence-corrected chi connectivity index (χ4v) is 5.11. The number of hydrogen-bond acceptors (Lipinski definition) is 6. The van der Waals surface area contributed by atoms with Crippen molar-refractivity contribution in [1.82, 2.24) is 4.31 Å². The van der Waals surface area contributed by atoms with Crippen LogP contribution in [0.2, 0.25) is 10.0 Å². The van der Waals surface area contributed by atoms with Gasteiger partial charge >= 0.3 is 5.97 Å². The van der Waals surface area contributed by atoms with E-state index in [0.29, 0.717) is 31.2 Å². The third kappa shape index (κ3) is 5.00. The van der Waals surface area contributed by atoms with Gasteiger partial charge in [0.05, 0.1) is 17.0 Å². The van der Waals surface area contributed by atoms with E-state index in [1.807, 2.05) is 25.1 Å². The molecule has 1 saturated heterocycles. The Kier molecular flexibility index (Phi) is 7.13. The number of ether oxygens (including phenoxy) is 2. The molecule has 0 unspecified atom stereocenters. The van der Waals surface area contributed by atoms with Crippen LogP contribution in [0.5, 0.6) is 5.75 Å². The van der Waals surface area contributed by atoms with Crippen LogP contribution in [0, 0.1) is 6.92 Å². The SMILES string of the molecule is COC(=O)COc1ccc(S(=O)(=O)N2CCN(c3cc(Cl)ccc3C)CC2)cc1Cl. The number of hydrogen-bond donors (Lipinski definition) is 0. The fraction of sp³-hybridized carbons (Fsp3) is 0.350. The second-order valence-electron chi connectivity index (χ2n) is 6.78. The minimum atomic E-state index is -3.71. The molecule has 0 aromatic heterocycles. The summed E-state index contributed by atoms with van der Waals surface area (Å²) in [6, 6.07) is 9.87. The van der Waals surface area contributed by atoms with Crippen LogP contribution < -0.4 is 9.64 Å². The number of benzene rings is 2. The van der Waals surface area contributed by atoms with Crippen LogP contribution >= 0.6 is 23.2 Å².